The molecule has 1 fully saturated rings. The fourth-order valence-corrected chi connectivity index (χ4v) is 4.85. The Kier molecular flexibility index (Phi) is 7.13. The largest absolute Gasteiger partial charge is 0.459 e. The highest BCUT2D eigenvalue weighted by molar-refractivity contribution is 9.10. The highest BCUT2D eigenvalue weighted by Gasteiger charge is 2.42. The number of rotatable bonds is 7. The first-order valence-electron chi connectivity index (χ1n) is 11.3. The van der Waals surface area contributed by atoms with Gasteiger partial charge in [-0.15, -0.1) is 0 Å². The molecule has 0 spiro atoms. The molecule has 0 saturated carbocycles. The Morgan fingerprint density at radius 2 is 1.89 bits per heavy atom. The van der Waals surface area contributed by atoms with Gasteiger partial charge in [0.05, 0.1) is 11.7 Å². The van der Waals surface area contributed by atoms with Gasteiger partial charge < -0.3 is 24.7 Å². The first-order chi connectivity index (χ1) is 17.5. The average Bonchev–Trinajstić information content (AvgIpc) is 3.50. The third kappa shape index (κ3) is 5.04. The zero-order chi connectivity index (χ0) is 25.1. The number of nitrogens with one attached hydrogen (secondary N) is 2. The van der Waals surface area contributed by atoms with Crippen molar-refractivity contribution in [3.8, 4) is 11.3 Å². The summed E-state index contributed by atoms with van der Waals surface area (Å²) in [5.74, 6) is 1.31. The van der Waals surface area contributed by atoms with Crippen LogP contribution in [0.25, 0.3) is 11.3 Å². The molecule has 2 atom stereocenters. The highest BCUT2D eigenvalue weighted by atomic mass is 79.9. The van der Waals surface area contributed by atoms with Crippen LogP contribution in [0, 0.1) is 0 Å². The second-order valence-corrected chi connectivity index (χ2v) is 9.54. The number of amides is 1. The van der Waals surface area contributed by atoms with Gasteiger partial charge in [-0.25, -0.2) is 0 Å². The number of halogens is 1. The summed E-state index contributed by atoms with van der Waals surface area (Å²) in [7, 11) is 1.49. The summed E-state index contributed by atoms with van der Waals surface area (Å²) >= 11 is 9.26. The molecule has 7 nitrogen and oxygen atoms in total. The summed E-state index contributed by atoms with van der Waals surface area (Å²) < 4.78 is 12.3. The quantitative estimate of drug-likeness (QED) is 0.273. The lowest BCUT2D eigenvalue weighted by Crippen LogP contribution is -2.29. The monoisotopic (exact) mass is 562 g/mol. The highest BCUT2D eigenvalue weighted by Crippen LogP contribution is 2.43. The first-order valence-corrected chi connectivity index (χ1v) is 12.5. The number of thiocarbonyl (C=S) groups is 1. The maximum absolute atomic E-state index is 11.9. The molecule has 3 heterocycles. The van der Waals surface area contributed by atoms with Crippen molar-refractivity contribution in [2.75, 3.05) is 23.9 Å². The summed E-state index contributed by atoms with van der Waals surface area (Å²) in [5, 5.41) is 6.81. The molecule has 2 aromatic heterocycles. The minimum atomic E-state index is -0.273. The smallest absolute Gasteiger partial charge is 0.250 e. The molecule has 1 aliphatic rings. The number of methoxy groups -OCH3 is 1. The minimum absolute atomic E-state index is 0.00505. The molecule has 0 aliphatic carbocycles. The van der Waals surface area contributed by atoms with Crippen molar-refractivity contribution in [2.45, 2.75) is 12.1 Å². The number of furan rings is 1. The number of benzene rings is 2. The number of nitrogens with zero attached hydrogens (tertiary/aromatic N) is 2. The number of anilines is 2. The number of ether oxygens (including phenoxy) is 1. The van der Waals surface area contributed by atoms with E-state index >= 15 is 0 Å². The second kappa shape index (κ2) is 10.6. The van der Waals surface area contributed by atoms with Gasteiger partial charge in [-0.1, -0.05) is 34.1 Å². The molecule has 36 heavy (non-hydrogen) atoms. The van der Waals surface area contributed by atoms with E-state index in [2.05, 4.69) is 31.5 Å². The molecule has 2 aromatic carbocycles. The van der Waals surface area contributed by atoms with Gasteiger partial charge in [-0.3, -0.25) is 9.78 Å². The summed E-state index contributed by atoms with van der Waals surface area (Å²) in [6.07, 6.45) is 1.77. The van der Waals surface area contributed by atoms with E-state index in [0.29, 0.717) is 10.8 Å². The maximum atomic E-state index is 11.9. The molecule has 1 saturated heterocycles. The standard InChI is InChI=1S/C27H23BrN4O3S/c1-34-16-24(33)30-19-9-11-20(12-10-19)32-26(25(31-27(32)36)21-4-2-3-15-29-21)23-14-13-22(35-23)17-5-7-18(28)8-6-17/h2-15,25-26H,16H2,1H3,(H,30,33)(H,31,36)/t25-,26+/m0/s1. The van der Waals surface area contributed by atoms with E-state index in [-0.39, 0.29) is 24.6 Å². The van der Waals surface area contributed by atoms with Crippen molar-refractivity contribution in [2.24, 2.45) is 0 Å². The van der Waals surface area contributed by atoms with Crippen molar-refractivity contribution < 1.29 is 13.9 Å². The van der Waals surface area contributed by atoms with E-state index in [1.165, 1.54) is 7.11 Å². The number of carbonyl (C=O) groups excluding carboxylic acids is 1. The van der Waals surface area contributed by atoms with Gasteiger partial charge in [-0.2, -0.15) is 0 Å². The van der Waals surface area contributed by atoms with Crippen LogP contribution in [0.5, 0.6) is 0 Å². The Labute approximate surface area is 222 Å². The predicted octanol–water partition coefficient (Wildman–Crippen LogP) is 5.87. The molecule has 4 aromatic rings. The van der Waals surface area contributed by atoms with E-state index < -0.39 is 0 Å². The van der Waals surface area contributed by atoms with Gasteiger partial charge in [0.15, 0.2) is 5.11 Å². The lowest BCUT2D eigenvalue weighted by molar-refractivity contribution is -0.119. The Hall–Kier alpha value is -3.53. The van der Waals surface area contributed by atoms with E-state index in [1.54, 1.807) is 6.20 Å². The van der Waals surface area contributed by atoms with Crippen LogP contribution in [-0.4, -0.2) is 29.7 Å². The first kappa shape index (κ1) is 24.2. The summed E-state index contributed by atoms with van der Waals surface area (Å²) in [4.78, 5) is 18.5. The van der Waals surface area contributed by atoms with Gasteiger partial charge in [0.25, 0.3) is 0 Å². The topological polar surface area (TPSA) is 79.6 Å². The normalized spacial score (nSPS) is 17.2. The second-order valence-electron chi connectivity index (χ2n) is 8.23. The molecule has 9 heteroatoms. The third-order valence-corrected chi connectivity index (χ3v) is 6.69. The number of carbonyl (C=O) groups is 1. The zero-order valence-corrected chi connectivity index (χ0v) is 21.8. The number of hydrogen-bond donors (Lipinski definition) is 2. The molecule has 1 amide bonds. The third-order valence-electron chi connectivity index (χ3n) is 5.85. The Balaban J connectivity index is 1.50. The van der Waals surface area contributed by atoms with Gasteiger partial charge in [0, 0.05) is 34.7 Å². The van der Waals surface area contributed by atoms with Gasteiger partial charge in [-0.05, 0) is 72.9 Å². The van der Waals surface area contributed by atoms with E-state index in [4.69, 9.17) is 21.4 Å². The fourth-order valence-electron chi connectivity index (χ4n) is 4.24. The molecule has 0 unspecified atom stereocenters. The van der Waals surface area contributed by atoms with Crippen molar-refractivity contribution in [3.63, 3.8) is 0 Å². The average molecular weight is 563 g/mol. The summed E-state index contributed by atoms with van der Waals surface area (Å²) in [6.45, 7) is -0.00505. The lowest BCUT2D eigenvalue weighted by atomic mass is 10.0. The van der Waals surface area contributed by atoms with Crippen molar-refractivity contribution in [1.29, 1.82) is 0 Å². The molecular weight excluding hydrogens is 540 g/mol. The van der Waals surface area contributed by atoms with Gasteiger partial charge in [0.2, 0.25) is 5.91 Å². The van der Waals surface area contributed by atoms with Crippen LogP contribution in [-0.2, 0) is 9.53 Å². The molecule has 2 N–H and O–H groups in total. The zero-order valence-electron chi connectivity index (χ0n) is 19.4. The van der Waals surface area contributed by atoms with Crippen molar-refractivity contribution >= 4 is 50.5 Å². The van der Waals surface area contributed by atoms with Crippen LogP contribution in [0.3, 0.4) is 0 Å². The maximum Gasteiger partial charge on any atom is 0.250 e. The van der Waals surface area contributed by atoms with Crippen LogP contribution < -0.4 is 15.5 Å². The minimum Gasteiger partial charge on any atom is -0.459 e. The van der Waals surface area contributed by atoms with Crippen LogP contribution in [0.4, 0.5) is 11.4 Å². The van der Waals surface area contributed by atoms with Gasteiger partial charge in [0.1, 0.15) is 24.2 Å². The van der Waals surface area contributed by atoms with Crippen LogP contribution in [0.1, 0.15) is 23.5 Å². The Morgan fingerprint density at radius 1 is 1.11 bits per heavy atom. The van der Waals surface area contributed by atoms with Crippen molar-refractivity contribution in [1.82, 2.24) is 10.3 Å². The molecular formula is C27H23BrN4O3S. The molecule has 0 bridgehead atoms. The summed E-state index contributed by atoms with van der Waals surface area (Å²) in [5.41, 5.74) is 3.38. The number of hydrogen-bond acceptors (Lipinski definition) is 5. The van der Waals surface area contributed by atoms with E-state index in [1.807, 2.05) is 83.8 Å². The van der Waals surface area contributed by atoms with E-state index in [0.717, 1.165) is 32.9 Å². The molecule has 1 aliphatic heterocycles. The summed E-state index contributed by atoms with van der Waals surface area (Å²) in [6, 6.07) is 24.8. The molecule has 182 valence electrons. The van der Waals surface area contributed by atoms with Gasteiger partial charge >= 0.3 is 0 Å². The van der Waals surface area contributed by atoms with E-state index in [9.17, 15) is 4.79 Å². The van der Waals surface area contributed by atoms with Crippen molar-refractivity contribution in [3.05, 3.63) is 101 Å². The number of aromatic nitrogens is 1. The Morgan fingerprint density at radius 3 is 2.58 bits per heavy atom. The fraction of sp³-hybridized carbons (Fsp3) is 0.148. The molecule has 0 radical (unpaired) electrons. The lowest BCUT2D eigenvalue weighted by Gasteiger charge is -2.26. The number of pyridine rings is 1. The predicted molar refractivity (Wildman–Crippen MR) is 147 cm³/mol. The SMILES string of the molecule is COCC(=O)Nc1ccc(N2C(=S)N[C@@H](c3ccccn3)[C@H]2c2ccc(-c3ccc(Br)cc3)o2)cc1. The molecule has 5 rings (SSSR count). The van der Waals surface area contributed by atoms with Crippen LogP contribution in [0.15, 0.2) is 93.9 Å². The Bertz CT molecular complexity index is 1360. The van der Waals surface area contributed by atoms with Crippen LogP contribution >= 0.6 is 28.1 Å². The van der Waals surface area contributed by atoms with Crippen LogP contribution in [0.2, 0.25) is 0 Å².